The highest BCUT2D eigenvalue weighted by atomic mass is 35.5. The van der Waals surface area contributed by atoms with Crippen LogP contribution in [0, 0.1) is 11.2 Å². The van der Waals surface area contributed by atoms with Crippen LogP contribution in [0.3, 0.4) is 0 Å². The zero-order valence-electron chi connectivity index (χ0n) is 11.8. The van der Waals surface area contributed by atoms with Gasteiger partial charge in [0, 0.05) is 24.1 Å². The Morgan fingerprint density at radius 3 is 2.87 bits per heavy atom. The van der Waals surface area contributed by atoms with Gasteiger partial charge in [0.05, 0.1) is 29.4 Å². The number of rotatable bonds is 1. The number of nitrogens with one attached hydrogen (secondary N) is 2. The first-order valence-corrected chi connectivity index (χ1v) is 7.08. The van der Waals surface area contributed by atoms with E-state index in [2.05, 4.69) is 10.3 Å². The van der Waals surface area contributed by atoms with Crippen LogP contribution in [0.4, 0.5) is 4.39 Å². The van der Waals surface area contributed by atoms with Crippen molar-refractivity contribution in [3.63, 3.8) is 0 Å². The molecule has 0 aromatic heterocycles. The zero-order valence-corrected chi connectivity index (χ0v) is 12.6. The van der Waals surface area contributed by atoms with Crippen LogP contribution < -0.4 is 5.32 Å². The molecule has 2 aliphatic rings. The summed E-state index contributed by atoms with van der Waals surface area (Å²) in [5, 5.41) is 21.0. The fourth-order valence-corrected chi connectivity index (χ4v) is 2.45. The summed E-state index contributed by atoms with van der Waals surface area (Å²) in [4.78, 5) is 17.9. The topological polar surface area (TPSA) is 88.8 Å². The fourth-order valence-electron chi connectivity index (χ4n) is 2.35. The van der Waals surface area contributed by atoms with Gasteiger partial charge in [-0.05, 0) is 12.1 Å². The molecule has 0 aliphatic carbocycles. The maximum absolute atomic E-state index is 13.0. The van der Waals surface area contributed by atoms with Crippen molar-refractivity contribution in [3.05, 3.63) is 52.2 Å². The molecule has 1 aromatic carbocycles. The Morgan fingerprint density at radius 1 is 1.43 bits per heavy atom. The van der Waals surface area contributed by atoms with Crippen LogP contribution in [0.2, 0.25) is 0 Å². The third-order valence-corrected chi connectivity index (χ3v) is 3.70. The fraction of sp³-hybridized carbons (Fsp3) is 0.133. The van der Waals surface area contributed by atoms with Crippen LogP contribution >= 0.6 is 11.6 Å². The number of allylic oxidation sites excluding steroid dienone is 1. The molecule has 3 N–H and O–H groups in total. The van der Waals surface area contributed by atoms with E-state index in [1.165, 1.54) is 17.2 Å². The Morgan fingerprint density at radius 2 is 2.22 bits per heavy atom. The first kappa shape index (κ1) is 15.2. The third kappa shape index (κ3) is 2.95. The number of nitrogens with zero attached hydrogens (tertiary/aromatic N) is 2. The van der Waals surface area contributed by atoms with Crippen molar-refractivity contribution < 1.29 is 14.3 Å². The second-order valence-electron chi connectivity index (χ2n) is 5.06. The number of phenols is 1. The van der Waals surface area contributed by atoms with Gasteiger partial charge >= 0.3 is 0 Å². The number of halogens is 2. The van der Waals surface area contributed by atoms with Crippen molar-refractivity contribution in [3.8, 4) is 5.75 Å². The lowest BCUT2D eigenvalue weighted by atomic mass is 10.1. The minimum atomic E-state index is -0.625. The van der Waals surface area contributed by atoms with E-state index in [0.29, 0.717) is 16.4 Å². The molecule has 6 nitrogen and oxygen atoms in total. The first-order chi connectivity index (χ1) is 11.0. The number of phenolic OH excluding ortho intramolecular Hbond substituents is 1. The van der Waals surface area contributed by atoms with Crippen LogP contribution in [0.5, 0.6) is 5.75 Å². The van der Waals surface area contributed by atoms with Gasteiger partial charge in [0.2, 0.25) is 0 Å². The quantitative estimate of drug-likeness (QED) is 0.733. The van der Waals surface area contributed by atoms with E-state index in [0.717, 1.165) is 12.1 Å². The monoisotopic (exact) mass is 334 g/mol. The SMILES string of the molecule is N=C1CN(C(=O)c2ccc(F)cc2O)C/C1=C1\N=CC(Cl)=CN1. The summed E-state index contributed by atoms with van der Waals surface area (Å²) in [5.74, 6) is -1.07. The number of aliphatic imine (C=N–C) groups is 1. The summed E-state index contributed by atoms with van der Waals surface area (Å²) >= 11 is 5.76. The number of aromatic hydroxyl groups is 1. The molecule has 1 amide bonds. The van der Waals surface area contributed by atoms with Crippen molar-refractivity contribution in [1.82, 2.24) is 10.2 Å². The van der Waals surface area contributed by atoms with E-state index in [-0.39, 0.29) is 24.4 Å². The predicted molar refractivity (Wildman–Crippen MR) is 84.3 cm³/mol. The van der Waals surface area contributed by atoms with Crippen LogP contribution in [0.15, 0.2) is 45.8 Å². The largest absolute Gasteiger partial charge is 0.507 e. The van der Waals surface area contributed by atoms with Gasteiger partial charge in [-0.1, -0.05) is 11.6 Å². The molecule has 1 saturated heterocycles. The van der Waals surface area contributed by atoms with Gasteiger partial charge in [-0.15, -0.1) is 0 Å². The number of carbonyl (C=O) groups excluding carboxylic acids is 1. The molecule has 0 unspecified atom stereocenters. The molecule has 0 atom stereocenters. The highest BCUT2D eigenvalue weighted by Crippen LogP contribution is 2.24. The lowest BCUT2D eigenvalue weighted by Crippen LogP contribution is -2.28. The number of amides is 1. The Labute approximate surface area is 136 Å². The van der Waals surface area contributed by atoms with E-state index in [1.807, 2.05) is 0 Å². The summed E-state index contributed by atoms with van der Waals surface area (Å²) in [6.07, 6.45) is 2.99. The third-order valence-electron chi connectivity index (χ3n) is 3.49. The van der Waals surface area contributed by atoms with Gasteiger partial charge < -0.3 is 20.7 Å². The number of carbonyl (C=O) groups is 1. The molecular formula is C15H12ClFN4O2. The van der Waals surface area contributed by atoms with Crippen molar-refractivity contribution in [1.29, 1.82) is 5.41 Å². The van der Waals surface area contributed by atoms with Crippen molar-refractivity contribution in [2.75, 3.05) is 13.1 Å². The standard InChI is InChI=1S/C15H12ClFN4O2/c16-8-4-19-14(20-5-8)11-6-21(7-12(11)18)15(23)10-2-1-9(17)3-13(10)22/h1-5,18-19,22H,6-7H2/b14-11+,18-12?. The molecule has 8 heteroatoms. The van der Waals surface area contributed by atoms with Crippen molar-refractivity contribution in [2.24, 2.45) is 4.99 Å². The van der Waals surface area contributed by atoms with Gasteiger partial charge in [-0.25, -0.2) is 9.38 Å². The van der Waals surface area contributed by atoms with E-state index in [4.69, 9.17) is 17.0 Å². The van der Waals surface area contributed by atoms with Gasteiger partial charge in [0.15, 0.2) is 0 Å². The normalized spacial score (nSPS) is 20.5. The first-order valence-electron chi connectivity index (χ1n) is 6.70. The Bertz CT molecular complexity index is 801. The van der Waals surface area contributed by atoms with Crippen LogP contribution in [0.1, 0.15) is 10.4 Å². The Kier molecular flexibility index (Phi) is 3.87. The van der Waals surface area contributed by atoms with Crippen molar-refractivity contribution in [2.45, 2.75) is 0 Å². The maximum Gasteiger partial charge on any atom is 0.258 e. The molecular weight excluding hydrogens is 323 g/mol. The highest BCUT2D eigenvalue weighted by molar-refractivity contribution is 6.39. The molecule has 3 rings (SSSR count). The predicted octanol–water partition coefficient (Wildman–Crippen LogP) is 1.97. The summed E-state index contributed by atoms with van der Waals surface area (Å²) in [6, 6.07) is 3.21. The van der Waals surface area contributed by atoms with Crippen LogP contribution in [-0.4, -0.2) is 40.9 Å². The van der Waals surface area contributed by atoms with Gasteiger partial charge in [-0.2, -0.15) is 0 Å². The Balaban J connectivity index is 1.84. The molecule has 23 heavy (non-hydrogen) atoms. The second kappa shape index (κ2) is 5.85. The molecule has 0 saturated carbocycles. The number of benzene rings is 1. The molecule has 0 spiro atoms. The molecule has 1 aromatic rings. The summed E-state index contributed by atoms with van der Waals surface area (Å²) in [7, 11) is 0. The van der Waals surface area contributed by atoms with E-state index >= 15 is 0 Å². The van der Waals surface area contributed by atoms with Gasteiger partial charge in [-0.3, -0.25) is 4.79 Å². The van der Waals surface area contributed by atoms with Gasteiger partial charge in [0.25, 0.3) is 5.91 Å². The van der Waals surface area contributed by atoms with Gasteiger partial charge in [0.1, 0.15) is 17.4 Å². The zero-order chi connectivity index (χ0) is 16.6. The molecule has 2 heterocycles. The molecule has 0 bridgehead atoms. The molecule has 118 valence electrons. The smallest absolute Gasteiger partial charge is 0.258 e. The molecule has 1 fully saturated rings. The van der Waals surface area contributed by atoms with E-state index in [9.17, 15) is 14.3 Å². The highest BCUT2D eigenvalue weighted by Gasteiger charge is 2.30. The number of hydrogen-bond acceptors (Lipinski definition) is 5. The minimum absolute atomic E-state index is 0.00602. The van der Waals surface area contributed by atoms with Crippen LogP contribution in [0.25, 0.3) is 0 Å². The lowest BCUT2D eigenvalue weighted by molar-refractivity contribution is 0.0801. The number of likely N-dealkylation sites (tertiary alicyclic amines) is 1. The summed E-state index contributed by atoms with van der Waals surface area (Å²) in [6.45, 7) is 0.253. The lowest BCUT2D eigenvalue weighted by Gasteiger charge is -2.15. The summed E-state index contributed by atoms with van der Waals surface area (Å²) in [5.41, 5.74) is 0.802. The molecule has 0 radical (unpaired) electrons. The molecule has 2 aliphatic heterocycles. The van der Waals surface area contributed by atoms with E-state index < -0.39 is 17.5 Å². The van der Waals surface area contributed by atoms with E-state index in [1.54, 1.807) is 6.20 Å². The Hall–Kier alpha value is -2.67. The van der Waals surface area contributed by atoms with Crippen LogP contribution in [-0.2, 0) is 0 Å². The second-order valence-corrected chi connectivity index (χ2v) is 5.50. The number of hydrogen-bond donors (Lipinski definition) is 3. The minimum Gasteiger partial charge on any atom is -0.507 e. The van der Waals surface area contributed by atoms with Crippen molar-refractivity contribution >= 4 is 29.4 Å². The maximum atomic E-state index is 13.0. The average Bonchev–Trinajstić information content (AvgIpc) is 2.89. The average molecular weight is 335 g/mol. The summed E-state index contributed by atoms with van der Waals surface area (Å²) < 4.78 is 13.0.